The molecule has 0 spiro atoms. The Morgan fingerprint density at radius 3 is 2.36 bits per heavy atom. The van der Waals surface area contributed by atoms with Gasteiger partial charge >= 0.3 is 0 Å². The molecule has 0 aromatic heterocycles. The fourth-order valence-electron chi connectivity index (χ4n) is 4.17. The van der Waals surface area contributed by atoms with Crippen molar-refractivity contribution in [3.63, 3.8) is 0 Å². The van der Waals surface area contributed by atoms with Crippen LogP contribution in [0.15, 0.2) is 0 Å². The topological polar surface area (TPSA) is 15.3 Å². The van der Waals surface area contributed by atoms with Gasteiger partial charge in [0.05, 0.1) is 0 Å². The maximum atomic E-state index is 3.85. The second-order valence-electron chi connectivity index (χ2n) is 9.18. The minimum Gasteiger partial charge on any atom is -0.316 e. The predicted molar refractivity (Wildman–Crippen MR) is 126 cm³/mol. The predicted octanol–water partition coefficient (Wildman–Crippen LogP) is 6.50. The summed E-state index contributed by atoms with van der Waals surface area (Å²) in [5.41, 5.74) is 0. The number of rotatable bonds is 15. The summed E-state index contributed by atoms with van der Waals surface area (Å²) in [7, 11) is 0. The zero-order chi connectivity index (χ0) is 20.5. The molecular formula is C26H50N2. The number of unbranched alkanes of at least 4 members (excludes halogenated alkanes) is 4. The first-order valence-corrected chi connectivity index (χ1v) is 12.6. The third kappa shape index (κ3) is 12.8. The molecule has 1 aliphatic heterocycles. The van der Waals surface area contributed by atoms with Crippen molar-refractivity contribution in [1.82, 2.24) is 10.2 Å². The Kier molecular flexibility index (Phi) is 15.8. The van der Waals surface area contributed by atoms with Gasteiger partial charge in [0, 0.05) is 18.9 Å². The van der Waals surface area contributed by atoms with E-state index in [1.807, 2.05) is 0 Å². The third-order valence-corrected chi connectivity index (χ3v) is 6.52. The van der Waals surface area contributed by atoms with Crippen molar-refractivity contribution in [2.24, 2.45) is 17.8 Å². The van der Waals surface area contributed by atoms with Crippen LogP contribution in [0.1, 0.15) is 105 Å². The lowest BCUT2D eigenvalue weighted by molar-refractivity contribution is 0.184. The van der Waals surface area contributed by atoms with E-state index in [1.165, 1.54) is 103 Å². The molecule has 0 saturated carbocycles. The van der Waals surface area contributed by atoms with Crippen molar-refractivity contribution >= 4 is 0 Å². The van der Waals surface area contributed by atoms with Gasteiger partial charge in [-0.15, -0.1) is 11.8 Å². The van der Waals surface area contributed by atoms with E-state index in [1.54, 1.807) is 0 Å². The number of nitrogens with zero attached hydrogens (tertiary/aromatic N) is 1. The summed E-state index contributed by atoms with van der Waals surface area (Å²) in [6.45, 7) is 15.3. The zero-order valence-electron chi connectivity index (χ0n) is 19.7. The molecule has 1 N–H and O–H groups in total. The second-order valence-corrected chi connectivity index (χ2v) is 9.18. The molecule has 0 aromatic rings. The third-order valence-electron chi connectivity index (χ3n) is 6.52. The highest BCUT2D eigenvalue weighted by molar-refractivity contribution is 5.02. The first-order valence-electron chi connectivity index (χ1n) is 12.6. The molecule has 0 bridgehead atoms. The van der Waals surface area contributed by atoms with E-state index in [0.29, 0.717) is 5.92 Å². The molecule has 0 aromatic carbocycles. The molecule has 2 atom stereocenters. The molecule has 164 valence electrons. The van der Waals surface area contributed by atoms with E-state index in [-0.39, 0.29) is 0 Å². The van der Waals surface area contributed by atoms with Gasteiger partial charge in [0.25, 0.3) is 0 Å². The standard InChI is InChI=1S/C26H50N2/c1-5-8-10-11-16-25(15-9-6-2)22-27-23-26-17-20-28(21-18-26)19-13-12-14-24(4)7-3/h24-27H,5-11,13,15-23H2,1-4H3. The number of hydrogen-bond donors (Lipinski definition) is 1. The molecule has 1 heterocycles. The van der Waals surface area contributed by atoms with Crippen LogP contribution in [-0.4, -0.2) is 37.6 Å². The lowest BCUT2D eigenvalue weighted by atomic mass is 9.93. The molecule has 0 amide bonds. The highest BCUT2D eigenvalue weighted by Crippen LogP contribution is 2.19. The largest absolute Gasteiger partial charge is 0.316 e. The fraction of sp³-hybridized carbons (Fsp3) is 0.923. The van der Waals surface area contributed by atoms with Crippen molar-refractivity contribution in [2.45, 2.75) is 105 Å². The molecule has 2 nitrogen and oxygen atoms in total. The van der Waals surface area contributed by atoms with E-state index in [4.69, 9.17) is 0 Å². The summed E-state index contributed by atoms with van der Waals surface area (Å²) < 4.78 is 0. The Labute approximate surface area is 177 Å². The van der Waals surface area contributed by atoms with Crippen molar-refractivity contribution in [2.75, 3.05) is 32.7 Å². The Bertz CT molecular complexity index is 400. The van der Waals surface area contributed by atoms with Gasteiger partial charge < -0.3 is 10.2 Å². The molecule has 0 radical (unpaired) electrons. The van der Waals surface area contributed by atoms with E-state index in [2.05, 4.69) is 49.8 Å². The van der Waals surface area contributed by atoms with Gasteiger partial charge in [-0.05, 0) is 70.1 Å². The molecule has 0 aliphatic carbocycles. The normalized spacial score (nSPS) is 17.9. The quantitative estimate of drug-likeness (QED) is 0.253. The van der Waals surface area contributed by atoms with Crippen LogP contribution in [0.3, 0.4) is 0 Å². The molecule has 1 aliphatic rings. The van der Waals surface area contributed by atoms with E-state index < -0.39 is 0 Å². The minimum absolute atomic E-state index is 0.560. The van der Waals surface area contributed by atoms with Gasteiger partial charge in [0.1, 0.15) is 0 Å². The summed E-state index contributed by atoms with van der Waals surface area (Å²) in [4.78, 5) is 2.62. The van der Waals surface area contributed by atoms with Gasteiger partial charge in [-0.2, -0.15) is 0 Å². The summed E-state index contributed by atoms with van der Waals surface area (Å²) in [5.74, 6) is 9.09. The average molecular weight is 391 g/mol. The minimum atomic E-state index is 0.560. The Balaban J connectivity index is 2.15. The Hall–Kier alpha value is -0.520. The van der Waals surface area contributed by atoms with Crippen LogP contribution in [0.25, 0.3) is 0 Å². The van der Waals surface area contributed by atoms with Crippen LogP contribution < -0.4 is 5.32 Å². The van der Waals surface area contributed by atoms with Crippen LogP contribution >= 0.6 is 0 Å². The second kappa shape index (κ2) is 17.3. The molecule has 2 heteroatoms. The highest BCUT2D eigenvalue weighted by atomic mass is 15.1. The summed E-state index contributed by atoms with van der Waals surface area (Å²) in [6.07, 6.45) is 16.2. The van der Waals surface area contributed by atoms with Crippen LogP contribution in [0.2, 0.25) is 0 Å². The molecule has 1 saturated heterocycles. The highest BCUT2D eigenvalue weighted by Gasteiger charge is 2.18. The SMILES string of the molecule is CCCCCCC(CCCC)CNCC1CCN(CCC#CC(C)CC)CC1. The van der Waals surface area contributed by atoms with Crippen LogP contribution in [-0.2, 0) is 0 Å². The number of nitrogens with one attached hydrogen (secondary N) is 1. The van der Waals surface area contributed by atoms with Crippen LogP contribution in [0, 0.1) is 29.6 Å². The molecule has 2 unspecified atom stereocenters. The van der Waals surface area contributed by atoms with Crippen molar-refractivity contribution in [1.29, 1.82) is 0 Å². The molecule has 1 fully saturated rings. The fourth-order valence-corrected chi connectivity index (χ4v) is 4.17. The van der Waals surface area contributed by atoms with Gasteiger partial charge in [-0.3, -0.25) is 0 Å². The van der Waals surface area contributed by atoms with Crippen molar-refractivity contribution < 1.29 is 0 Å². The first kappa shape index (κ1) is 25.5. The van der Waals surface area contributed by atoms with Crippen LogP contribution in [0.5, 0.6) is 0 Å². The number of hydrogen-bond acceptors (Lipinski definition) is 2. The monoisotopic (exact) mass is 390 g/mol. The summed E-state index contributed by atoms with van der Waals surface area (Å²) >= 11 is 0. The molecular weight excluding hydrogens is 340 g/mol. The van der Waals surface area contributed by atoms with E-state index in [9.17, 15) is 0 Å². The zero-order valence-corrected chi connectivity index (χ0v) is 19.7. The van der Waals surface area contributed by atoms with Gasteiger partial charge in [0.2, 0.25) is 0 Å². The van der Waals surface area contributed by atoms with Crippen LogP contribution in [0.4, 0.5) is 0 Å². The maximum absolute atomic E-state index is 3.85. The Morgan fingerprint density at radius 2 is 1.68 bits per heavy atom. The van der Waals surface area contributed by atoms with Crippen molar-refractivity contribution in [3.05, 3.63) is 0 Å². The average Bonchev–Trinajstić information content (AvgIpc) is 2.72. The maximum Gasteiger partial charge on any atom is 0.0217 e. The van der Waals surface area contributed by atoms with Gasteiger partial charge in [0.15, 0.2) is 0 Å². The lowest BCUT2D eigenvalue weighted by Gasteiger charge is -2.32. The van der Waals surface area contributed by atoms with Gasteiger partial charge in [-0.25, -0.2) is 0 Å². The Morgan fingerprint density at radius 1 is 0.964 bits per heavy atom. The first-order chi connectivity index (χ1) is 13.7. The smallest absolute Gasteiger partial charge is 0.0217 e. The van der Waals surface area contributed by atoms with Gasteiger partial charge in [-0.1, -0.05) is 66.2 Å². The molecule has 28 heavy (non-hydrogen) atoms. The summed E-state index contributed by atoms with van der Waals surface area (Å²) in [6, 6.07) is 0. The lowest BCUT2D eigenvalue weighted by Crippen LogP contribution is -2.38. The van der Waals surface area contributed by atoms with Crippen molar-refractivity contribution in [3.8, 4) is 11.8 Å². The molecule has 1 rings (SSSR count). The summed E-state index contributed by atoms with van der Waals surface area (Å²) in [5, 5.41) is 3.85. The van der Waals surface area contributed by atoms with E-state index in [0.717, 1.165) is 18.3 Å². The number of piperidine rings is 1. The number of likely N-dealkylation sites (tertiary alicyclic amines) is 1. The van der Waals surface area contributed by atoms with E-state index >= 15 is 0 Å².